The van der Waals surface area contributed by atoms with Crippen LogP contribution < -0.4 is 5.32 Å². The van der Waals surface area contributed by atoms with Gasteiger partial charge in [-0.3, -0.25) is 0 Å². The standard InChI is InChI=1S/C13H16N4/c1-2-4-13(17-15-7-8-16-17)12(3-1)9-11-5-6-14-10-11/h1-4,7-8,11,14H,5-6,9-10H2. The van der Waals surface area contributed by atoms with Crippen LogP contribution in [0.15, 0.2) is 36.7 Å². The van der Waals surface area contributed by atoms with E-state index in [-0.39, 0.29) is 0 Å². The van der Waals surface area contributed by atoms with Gasteiger partial charge in [0.15, 0.2) is 0 Å². The fourth-order valence-corrected chi connectivity index (χ4v) is 2.42. The number of benzene rings is 1. The van der Waals surface area contributed by atoms with E-state index in [9.17, 15) is 0 Å². The Morgan fingerprint density at radius 2 is 2.06 bits per heavy atom. The van der Waals surface area contributed by atoms with E-state index >= 15 is 0 Å². The largest absolute Gasteiger partial charge is 0.316 e. The van der Waals surface area contributed by atoms with Gasteiger partial charge in [-0.1, -0.05) is 18.2 Å². The van der Waals surface area contributed by atoms with Gasteiger partial charge in [0, 0.05) is 0 Å². The minimum absolute atomic E-state index is 0.742. The monoisotopic (exact) mass is 228 g/mol. The van der Waals surface area contributed by atoms with Crippen LogP contribution in [0.4, 0.5) is 0 Å². The van der Waals surface area contributed by atoms with Gasteiger partial charge in [0.2, 0.25) is 0 Å². The number of hydrogen-bond donors (Lipinski definition) is 1. The SMILES string of the molecule is c1ccc(-n2nccn2)c(CC2CCNC2)c1. The van der Waals surface area contributed by atoms with E-state index < -0.39 is 0 Å². The summed E-state index contributed by atoms with van der Waals surface area (Å²) in [5.41, 5.74) is 2.43. The predicted octanol–water partition coefficient (Wildman–Crippen LogP) is 1.42. The Kier molecular flexibility index (Phi) is 2.88. The molecule has 0 amide bonds. The van der Waals surface area contributed by atoms with Crippen LogP contribution in [-0.2, 0) is 6.42 Å². The molecule has 1 fully saturated rings. The first-order valence-corrected chi connectivity index (χ1v) is 6.09. The Labute approximate surface area is 101 Å². The molecular formula is C13H16N4. The maximum Gasteiger partial charge on any atom is 0.0888 e. The summed E-state index contributed by atoms with van der Waals surface area (Å²) in [5, 5.41) is 11.8. The molecule has 0 bridgehead atoms. The van der Waals surface area contributed by atoms with Crippen LogP contribution in [0.2, 0.25) is 0 Å². The van der Waals surface area contributed by atoms with Crippen LogP contribution in [-0.4, -0.2) is 28.1 Å². The molecule has 2 heterocycles. The van der Waals surface area contributed by atoms with Crippen molar-refractivity contribution in [1.29, 1.82) is 0 Å². The predicted molar refractivity (Wildman–Crippen MR) is 66.0 cm³/mol. The molecule has 17 heavy (non-hydrogen) atoms. The van der Waals surface area contributed by atoms with Crippen molar-refractivity contribution in [1.82, 2.24) is 20.3 Å². The van der Waals surface area contributed by atoms with Crippen molar-refractivity contribution in [2.24, 2.45) is 5.92 Å². The normalized spacial score (nSPS) is 19.6. The second-order valence-corrected chi connectivity index (χ2v) is 4.51. The number of nitrogens with one attached hydrogen (secondary N) is 1. The number of hydrogen-bond acceptors (Lipinski definition) is 3. The highest BCUT2D eigenvalue weighted by atomic mass is 15.5. The van der Waals surface area contributed by atoms with Crippen molar-refractivity contribution >= 4 is 0 Å². The average Bonchev–Trinajstić information content (AvgIpc) is 3.01. The van der Waals surface area contributed by atoms with Crippen molar-refractivity contribution < 1.29 is 0 Å². The van der Waals surface area contributed by atoms with Gasteiger partial charge in [-0.05, 0) is 43.5 Å². The molecule has 0 aliphatic carbocycles. The van der Waals surface area contributed by atoms with Crippen LogP contribution in [0.3, 0.4) is 0 Å². The third kappa shape index (κ3) is 2.22. The second-order valence-electron chi connectivity index (χ2n) is 4.51. The fraction of sp³-hybridized carbons (Fsp3) is 0.385. The van der Waals surface area contributed by atoms with Crippen molar-refractivity contribution in [2.75, 3.05) is 13.1 Å². The summed E-state index contributed by atoms with van der Waals surface area (Å²) in [6.07, 6.45) is 5.80. The molecule has 2 aromatic rings. The Balaban J connectivity index is 1.88. The molecule has 1 aliphatic heterocycles. The summed E-state index contributed by atoms with van der Waals surface area (Å²) in [6, 6.07) is 8.38. The molecule has 3 rings (SSSR count). The smallest absolute Gasteiger partial charge is 0.0888 e. The molecule has 4 heteroatoms. The quantitative estimate of drug-likeness (QED) is 0.864. The van der Waals surface area contributed by atoms with Crippen LogP contribution >= 0.6 is 0 Å². The van der Waals surface area contributed by atoms with Gasteiger partial charge in [0.1, 0.15) is 0 Å². The second kappa shape index (κ2) is 4.67. The first-order chi connectivity index (χ1) is 8.43. The van der Waals surface area contributed by atoms with Crippen LogP contribution in [0, 0.1) is 5.92 Å². The first-order valence-electron chi connectivity index (χ1n) is 6.09. The number of nitrogens with zero attached hydrogens (tertiary/aromatic N) is 3. The van der Waals surface area contributed by atoms with E-state index in [1.54, 1.807) is 17.2 Å². The van der Waals surface area contributed by atoms with E-state index in [1.165, 1.54) is 12.0 Å². The Bertz CT molecular complexity index is 472. The highest BCUT2D eigenvalue weighted by Gasteiger charge is 2.17. The van der Waals surface area contributed by atoms with Crippen molar-refractivity contribution in [2.45, 2.75) is 12.8 Å². The zero-order valence-corrected chi connectivity index (χ0v) is 9.71. The van der Waals surface area contributed by atoms with Crippen LogP contribution in [0.5, 0.6) is 0 Å². The molecule has 0 spiro atoms. The Morgan fingerprint density at radius 3 is 2.82 bits per heavy atom. The Morgan fingerprint density at radius 1 is 1.24 bits per heavy atom. The van der Waals surface area contributed by atoms with E-state index in [0.29, 0.717) is 0 Å². The molecule has 1 N–H and O–H groups in total. The van der Waals surface area contributed by atoms with Crippen molar-refractivity contribution in [3.63, 3.8) is 0 Å². The van der Waals surface area contributed by atoms with E-state index in [4.69, 9.17) is 0 Å². The maximum absolute atomic E-state index is 4.21. The first kappa shape index (κ1) is 10.5. The molecule has 1 unspecified atom stereocenters. The lowest BCUT2D eigenvalue weighted by molar-refractivity contribution is 0.575. The molecule has 1 aromatic carbocycles. The Hall–Kier alpha value is -1.68. The molecular weight excluding hydrogens is 212 g/mol. The molecule has 0 radical (unpaired) electrons. The van der Waals surface area contributed by atoms with Gasteiger partial charge in [0.05, 0.1) is 18.1 Å². The maximum atomic E-state index is 4.21. The summed E-state index contributed by atoms with van der Waals surface area (Å²) in [7, 11) is 0. The highest BCUT2D eigenvalue weighted by Crippen LogP contribution is 2.20. The average molecular weight is 228 g/mol. The molecule has 4 nitrogen and oxygen atoms in total. The molecule has 1 saturated heterocycles. The molecule has 1 atom stereocenters. The number of aromatic nitrogens is 3. The number of para-hydroxylation sites is 1. The van der Waals surface area contributed by atoms with Gasteiger partial charge in [-0.2, -0.15) is 15.0 Å². The van der Waals surface area contributed by atoms with Gasteiger partial charge in [-0.25, -0.2) is 0 Å². The fourth-order valence-electron chi connectivity index (χ4n) is 2.42. The third-order valence-electron chi connectivity index (χ3n) is 3.30. The topological polar surface area (TPSA) is 42.7 Å². The lowest BCUT2D eigenvalue weighted by Gasteiger charge is -2.12. The summed E-state index contributed by atoms with van der Waals surface area (Å²) < 4.78 is 0. The summed E-state index contributed by atoms with van der Waals surface area (Å²) in [4.78, 5) is 1.71. The molecule has 1 aromatic heterocycles. The van der Waals surface area contributed by atoms with E-state index in [2.05, 4.69) is 33.7 Å². The van der Waals surface area contributed by atoms with Gasteiger partial charge in [-0.15, -0.1) is 0 Å². The van der Waals surface area contributed by atoms with E-state index in [1.807, 2.05) is 6.07 Å². The third-order valence-corrected chi connectivity index (χ3v) is 3.30. The van der Waals surface area contributed by atoms with Crippen LogP contribution in [0.25, 0.3) is 5.69 Å². The van der Waals surface area contributed by atoms with Gasteiger partial charge >= 0.3 is 0 Å². The minimum Gasteiger partial charge on any atom is -0.316 e. The molecule has 1 aliphatic rings. The zero-order chi connectivity index (χ0) is 11.5. The van der Waals surface area contributed by atoms with Gasteiger partial charge < -0.3 is 5.32 Å². The lowest BCUT2D eigenvalue weighted by atomic mass is 9.97. The van der Waals surface area contributed by atoms with Gasteiger partial charge in [0.25, 0.3) is 0 Å². The summed E-state index contributed by atoms with van der Waals surface area (Å²) in [5.74, 6) is 0.742. The lowest BCUT2D eigenvalue weighted by Crippen LogP contribution is -2.12. The van der Waals surface area contributed by atoms with E-state index in [0.717, 1.165) is 31.1 Å². The van der Waals surface area contributed by atoms with Crippen molar-refractivity contribution in [3.05, 3.63) is 42.2 Å². The molecule has 88 valence electrons. The zero-order valence-electron chi connectivity index (χ0n) is 9.71. The van der Waals surface area contributed by atoms with Crippen LogP contribution in [0.1, 0.15) is 12.0 Å². The highest BCUT2D eigenvalue weighted by molar-refractivity contribution is 5.39. The van der Waals surface area contributed by atoms with Crippen molar-refractivity contribution in [3.8, 4) is 5.69 Å². The molecule has 0 saturated carbocycles. The number of rotatable bonds is 3. The summed E-state index contributed by atoms with van der Waals surface area (Å²) in [6.45, 7) is 2.27. The minimum atomic E-state index is 0.742. The summed E-state index contributed by atoms with van der Waals surface area (Å²) >= 11 is 0.